The number of halogens is 1. The van der Waals surface area contributed by atoms with Gasteiger partial charge in [0.1, 0.15) is 0 Å². The Morgan fingerprint density at radius 2 is 1.33 bits per heavy atom. The maximum atomic E-state index is 12.2. The van der Waals surface area contributed by atoms with Crippen molar-refractivity contribution in [2.24, 2.45) is 0 Å². The van der Waals surface area contributed by atoms with E-state index in [1.54, 1.807) is 0 Å². The third-order valence-corrected chi connectivity index (χ3v) is 4.95. The lowest BCUT2D eigenvalue weighted by Crippen LogP contribution is -2.51. The van der Waals surface area contributed by atoms with Gasteiger partial charge in [-0.05, 0) is 18.1 Å². The maximum absolute atomic E-state index is 12.2. The van der Waals surface area contributed by atoms with Gasteiger partial charge < -0.3 is 4.90 Å². The molecule has 3 nitrogen and oxygen atoms in total. The molecule has 1 atom stereocenters. The van der Waals surface area contributed by atoms with Crippen LogP contribution in [-0.4, -0.2) is 46.7 Å². The van der Waals surface area contributed by atoms with E-state index in [0.29, 0.717) is 0 Å². The van der Waals surface area contributed by atoms with Crippen molar-refractivity contribution in [2.75, 3.05) is 26.2 Å². The molecule has 4 heteroatoms. The Morgan fingerprint density at radius 1 is 0.875 bits per heavy atom. The van der Waals surface area contributed by atoms with Crippen LogP contribution in [0.15, 0.2) is 60.7 Å². The van der Waals surface area contributed by atoms with Gasteiger partial charge in [0.2, 0.25) is 5.91 Å². The van der Waals surface area contributed by atoms with Crippen molar-refractivity contribution in [2.45, 2.75) is 17.8 Å². The number of carbonyl (C=O) groups excluding carboxylic acids is 1. The van der Waals surface area contributed by atoms with Gasteiger partial charge in [0.15, 0.2) is 0 Å². The van der Waals surface area contributed by atoms with Gasteiger partial charge in [0.25, 0.3) is 0 Å². The summed E-state index contributed by atoms with van der Waals surface area (Å²) in [6, 6.07) is 21.5. The minimum atomic E-state index is -0.108. The smallest absolute Gasteiger partial charge is 0.236 e. The molecular weight excluding hydrogens is 364 g/mol. The number of rotatable bonds is 4. The van der Waals surface area contributed by atoms with Crippen LogP contribution in [0.1, 0.15) is 24.1 Å². The lowest BCUT2D eigenvalue weighted by molar-refractivity contribution is -0.132. The zero-order chi connectivity index (χ0) is 16.9. The predicted octanol–water partition coefficient (Wildman–Crippen LogP) is 3.70. The number of piperazine rings is 1. The molecule has 1 fully saturated rings. The highest BCUT2D eigenvalue weighted by Gasteiger charge is 2.28. The Balaban J connectivity index is 1.80. The van der Waals surface area contributed by atoms with Crippen LogP contribution in [-0.2, 0) is 4.79 Å². The van der Waals surface area contributed by atoms with E-state index in [-0.39, 0.29) is 16.8 Å². The van der Waals surface area contributed by atoms with Crippen LogP contribution in [0, 0.1) is 0 Å². The number of carbonyl (C=O) groups is 1. The van der Waals surface area contributed by atoms with E-state index in [2.05, 4.69) is 81.5 Å². The summed E-state index contributed by atoms with van der Waals surface area (Å²) in [6.07, 6.45) is 0. The molecule has 24 heavy (non-hydrogen) atoms. The number of amides is 1. The average molecular weight is 387 g/mol. The van der Waals surface area contributed by atoms with E-state index in [9.17, 15) is 4.79 Å². The third-order valence-electron chi connectivity index (χ3n) is 4.56. The number of nitrogens with zero attached hydrogens (tertiary/aromatic N) is 2. The lowest BCUT2D eigenvalue weighted by Gasteiger charge is -2.40. The fourth-order valence-corrected chi connectivity index (χ4v) is 3.63. The molecule has 2 aromatic carbocycles. The Hall–Kier alpha value is -1.65. The molecule has 1 aliphatic heterocycles. The van der Waals surface area contributed by atoms with Gasteiger partial charge in [-0.2, -0.15) is 0 Å². The van der Waals surface area contributed by atoms with E-state index in [4.69, 9.17) is 0 Å². The average Bonchev–Trinajstić information content (AvgIpc) is 2.64. The Labute approximate surface area is 152 Å². The molecule has 1 saturated heterocycles. The summed E-state index contributed by atoms with van der Waals surface area (Å²) in [5.41, 5.74) is 2.61. The van der Waals surface area contributed by atoms with Crippen LogP contribution < -0.4 is 0 Å². The van der Waals surface area contributed by atoms with Crippen LogP contribution in [0.25, 0.3) is 0 Å². The van der Waals surface area contributed by atoms with Crippen molar-refractivity contribution in [3.63, 3.8) is 0 Å². The highest BCUT2D eigenvalue weighted by atomic mass is 79.9. The minimum Gasteiger partial charge on any atom is -0.339 e. The highest BCUT2D eigenvalue weighted by Crippen LogP contribution is 2.29. The van der Waals surface area contributed by atoms with Crippen molar-refractivity contribution in [3.05, 3.63) is 71.8 Å². The van der Waals surface area contributed by atoms with Gasteiger partial charge in [0, 0.05) is 26.2 Å². The molecule has 126 valence electrons. The lowest BCUT2D eigenvalue weighted by atomic mass is 9.96. The number of alkyl halides is 1. The zero-order valence-corrected chi connectivity index (χ0v) is 15.5. The molecule has 0 aliphatic carbocycles. The molecule has 0 saturated carbocycles. The fourth-order valence-electron chi connectivity index (χ4n) is 3.34. The van der Waals surface area contributed by atoms with E-state index >= 15 is 0 Å². The quantitative estimate of drug-likeness (QED) is 0.747. The van der Waals surface area contributed by atoms with Gasteiger partial charge in [-0.1, -0.05) is 76.6 Å². The van der Waals surface area contributed by atoms with Gasteiger partial charge in [-0.3, -0.25) is 9.69 Å². The normalized spacial score (nSPS) is 17.0. The van der Waals surface area contributed by atoms with E-state index in [1.807, 2.05) is 11.8 Å². The van der Waals surface area contributed by atoms with Crippen LogP contribution in [0.5, 0.6) is 0 Å². The fraction of sp³-hybridized carbons (Fsp3) is 0.350. The standard InChI is InChI=1S/C20H23BrN2O/c1-16(21)20(24)23-14-12-22(13-15-23)19(17-8-4-2-5-9-17)18-10-6-3-7-11-18/h2-11,16,19H,12-15H2,1H3. The first-order valence-corrected chi connectivity index (χ1v) is 9.35. The van der Waals surface area contributed by atoms with Crippen molar-refractivity contribution in [3.8, 4) is 0 Å². The minimum absolute atomic E-state index is 0.108. The summed E-state index contributed by atoms with van der Waals surface area (Å²) in [5.74, 6) is 0.186. The first-order chi connectivity index (χ1) is 11.7. The molecule has 1 unspecified atom stereocenters. The van der Waals surface area contributed by atoms with Crippen LogP contribution in [0.4, 0.5) is 0 Å². The first kappa shape index (κ1) is 17.2. The highest BCUT2D eigenvalue weighted by molar-refractivity contribution is 9.10. The molecular formula is C20H23BrN2O. The van der Waals surface area contributed by atoms with Gasteiger partial charge in [0.05, 0.1) is 10.9 Å². The molecule has 3 rings (SSSR count). The van der Waals surface area contributed by atoms with E-state index < -0.39 is 0 Å². The van der Waals surface area contributed by atoms with Crippen molar-refractivity contribution < 1.29 is 4.79 Å². The first-order valence-electron chi connectivity index (χ1n) is 8.43. The Morgan fingerprint density at radius 3 is 1.75 bits per heavy atom. The van der Waals surface area contributed by atoms with E-state index in [1.165, 1.54) is 11.1 Å². The van der Waals surface area contributed by atoms with Crippen molar-refractivity contribution in [1.82, 2.24) is 9.80 Å². The zero-order valence-electron chi connectivity index (χ0n) is 13.9. The Bertz CT molecular complexity index is 612. The maximum Gasteiger partial charge on any atom is 0.236 e. The molecule has 1 amide bonds. The molecule has 2 aromatic rings. The monoisotopic (exact) mass is 386 g/mol. The summed E-state index contributed by atoms with van der Waals surface area (Å²) >= 11 is 3.39. The van der Waals surface area contributed by atoms with E-state index in [0.717, 1.165) is 26.2 Å². The molecule has 0 N–H and O–H groups in total. The summed E-state index contributed by atoms with van der Waals surface area (Å²) in [6.45, 7) is 5.24. The molecule has 0 bridgehead atoms. The molecule has 0 radical (unpaired) electrons. The largest absolute Gasteiger partial charge is 0.339 e. The number of hydrogen-bond acceptors (Lipinski definition) is 2. The van der Waals surface area contributed by atoms with Crippen molar-refractivity contribution >= 4 is 21.8 Å². The van der Waals surface area contributed by atoms with Crippen LogP contribution in [0.3, 0.4) is 0 Å². The second-order valence-corrected chi connectivity index (χ2v) is 7.57. The van der Waals surface area contributed by atoms with Gasteiger partial charge in [-0.15, -0.1) is 0 Å². The second-order valence-electron chi connectivity index (χ2n) is 6.20. The molecule has 1 heterocycles. The number of hydrogen-bond donors (Lipinski definition) is 0. The summed E-state index contributed by atoms with van der Waals surface area (Å²) < 4.78 is 0. The van der Waals surface area contributed by atoms with Gasteiger partial charge >= 0.3 is 0 Å². The summed E-state index contributed by atoms with van der Waals surface area (Å²) in [5, 5.41) is 0. The second kappa shape index (κ2) is 7.95. The summed E-state index contributed by atoms with van der Waals surface area (Å²) in [7, 11) is 0. The number of benzene rings is 2. The third kappa shape index (κ3) is 3.87. The molecule has 0 spiro atoms. The van der Waals surface area contributed by atoms with Gasteiger partial charge in [-0.25, -0.2) is 0 Å². The molecule has 1 aliphatic rings. The topological polar surface area (TPSA) is 23.6 Å². The van der Waals surface area contributed by atoms with Crippen LogP contribution in [0.2, 0.25) is 0 Å². The predicted molar refractivity (Wildman–Crippen MR) is 101 cm³/mol. The molecule has 0 aromatic heterocycles. The Kier molecular flexibility index (Phi) is 5.69. The van der Waals surface area contributed by atoms with Crippen LogP contribution >= 0.6 is 15.9 Å². The SMILES string of the molecule is CC(Br)C(=O)N1CCN(C(c2ccccc2)c2ccccc2)CC1. The summed E-state index contributed by atoms with van der Waals surface area (Å²) in [4.78, 5) is 16.5. The van der Waals surface area contributed by atoms with Crippen molar-refractivity contribution in [1.29, 1.82) is 0 Å².